The molecule has 214 valence electrons. The summed E-state index contributed by atoms with van der Waals surface area (Å²) in [5.41, 5.74) is 9.04. The summed E-state index contributed by atoms with van der Waals surface area (Å²) in [7, 11) is 0. The Balaban J connectivity index is 1.43. The average molecular weight is 572 g/mol. The summed E-state index contributed by atoms with van der Waals surface area (Å²) in [6.45, 7) is 8.73. The molecule has 4 aromatic carbocycles. The lowest BCUT2D eigenvalue weighted by atomic mass is 9.95. The molecule has 44 heavy (non-hydrogen) atoms. The van der Waals surface area contributed by atoms with Gasteiger partial charge in [-0.3, -0.25) is 9.97 Å². The van der Waals surface area contributed by atoms with E-state index in [0.717, 1.165) is 61.0 Å². The van der Waals surface area contributed by atoms with Crippen molar-refractivity contribution in [2.45, 2.75) is 39.5 Å². The largest absolute Gasteiger partial charge is 0.250 e. The summed E-state index contributed by atoms with van der Waals surface area (Å²) in [6.07, 6.45) is 0. The molecular weight excluding hydrogens is 538 g/mol. The number of hydrogen-bond donors (Lipinski definition) is 0. The third-order valence-corrected chi connectivity index (χ3v) is 7.99. The summed E-state index contributed by atoms with van der Waals surface area (Å²) in [6, 6.07) is 39.5. The number of nitrogens with zero attached hydrogens (tertiary/aromatic N) is 5. The summed E-state index contributed by atoms with van der Waals surface area (Å²) < 4.78 is 0. The van der Waals surface area contributed by atoms with Gasteiger partial charge in [0.2, 0.25) is 0 Å². The maximum Gasteiger partial charge on any atom is 0.164 e. The molecule has 5 nitrogen and oxygen atoms in total. The molecule has 3 aromatic heterocycles. The molecule has 0 radical (unpaired) electrons. The highest BCUT2D eigenvalue weighted by molar-refractivity contribution is 6.08. The zero-order valence-electron chi connectivity index (χ0n) is 25.4. The first-order valence-electron chi connectivity index (χ1n) is 15.2. The molecule has 0 aliphatic rings. The normalized spacial score (nSPS) is 11.6. The van der Waals surface area contributed by atoms with Crippen LogP contribution in [0.25, 0.3) is 67.1 Å². The smallest absolute Gasteiger partial charge is 0.164 e. The predicted molar refractivity (Wildman–Crippen MR) is 180 cm³/mol. The molecule has 0 fully saturated rings. The van der Waals surface area contributed by atoms with Crippen LogP contribution in [0.3, 0.4) is 0 Å². The van der Waals surface area contributed by atoms with Crippen LogP contribution in [0.5, 0.6) is 0 Å². The molecule has 5 heteroatoms. The van der Waals surface area contributed by atoms with Crippen LogP contribution < -0.4 is 0 Å². The molecule has 0 N–H and O–H groups in total. The van der Waals surface area contributed by atoms with Gasteiger partial charge in [0.25, 0.3) is 0 Å². The number of fused-ring (bicyclic) bond motifs is 3. The van der Waals surface area contributed by atoms with Crippen LogP contribution in [0.1, 0.15) is 50.9 Å². The van der Waals surface area contributed by atoms with Crippen molar-refractivity contribution in [3.8, 4) is 45.3 Å². The zero-order chi connectivity index (χ0) is 30.2. The second-order valence-corrected chi connectivity index (χ2v) is 11.8. The van der Waals surface area contributed by atoms with Gasteiger partial charge in [0.05, 0.1) is 11.0 Å². The van der Waals surface area contributed by atoms with E-state index in [-0.39, 0.29) is 5.92 Å². The van der Waals surface area contributed by atoms with Crippen molar-refractivity contribution >= 4 is 21.8 Å². The first-order valence-corrected chi connectivity index (χ1v) is 15.2. The molecule has 0 unspecified atom stereocenters. The van der Waals surface area contributed by atoms with Gasteiger partial charge in [0.1, 0.15) is 0 Å². The molecule has 7 rings (SSSR count). The Labute approximate surface area is 257 Å². The van der Waals surface area contributed by atoms with Crippen LogP contribution in [-0.2, 0) is 0 Å². The van der Waals surface area contributed by atoms with Gasteiger partial charge >= 0.3 is 0 Å². The fourth-order valence-corrected chi connectivity index (χ4v) is 5.53. The SMILES string of the molecule is CC(C)c1ccc2ccc3c(-c4cccc(-c5nc(-c6ccccc6)nc(-c6ccccc6)n5)c4)cc(C(C)C)nc3c2n1. The van der Waals surface area contributed by atoms with Crippen molar-refractivity contribution in [1.82, 2.24) is 24.9 Å². The Morgan fingerprint density at radius 3 is 1.55 bits per heavy atom. The highest BCUT2D eigenvalue weighted by atomic mass is 15.0. The first kappa shape index (κ1) is 27.5. The molecule has 7 aromatic rings. The minimum absolute atomic E-state index is 0.260. The lowest BCUT2D eigenvalue weighted by Gasteiger charge is -2.15. The fourth-order valence-electron chi connectivity index (χ4n) is 5.53. The number of pyridine rings is 2. The van der Waals surface area contributed by atoms with E-state index in [1.807, 2.05) is 60.7 Å². The second-order valence-electron chi connectivity index (χ2n) is 11.8. The van der Waals surface area contributed by atoms with Crippen LogP contribution in [0.4, 0.5) is 0 Å². The standard InChI is InChI=1S/C39H33N5/c1-24(2)33-21-19-26-18-20-31-32(23-34(25(3)4)41-36(31)35(26)40-33)29-16-11-17-30(22-29)39-43-37(27-12-7-5-8-13-27)42-38(44-39)28-14-9-6-10-15-28/h5-25H,1-4H3. The molecule has 0 saturated heterocycles. The van der Waals surface area contributed by atoms with Crippen LogP contribution in [-0.4, -0.2) is 24.9 Å². The Kier molecular flexibility index (Phi) is 7.15. The predicted octanol–water partition coefficient (Wildman–Crippen LogP) is 9.88. The topological polar surface area (TPSA) is 64.5 Å². The van der Waals surface area contributed by atoms with Crippen LogP contribution in [0.15, 0.2) is 115 Å². The average Bonchev–Trinajstić information content (AvgIpc) is 3.08. The molecule has 0 bridgehead atoms. The summed E-state index contributed by atoms with van der Waals surface area (Å²) in [5, 5.41) is 2.18. The van der Waals surface area contributed by atoms with Gasteiger partial charge in [-0.25, -0.2) is 15.0 Å². The Morgan fingerprint density at radius 1 is 0.409 bits per heavy atom. The minimum atomic E-state index is 0.260. The van der Waals surface area contributed by atoms with Gasteiger partial charge in [-0.2, -0.15) is 0 Å². The zero-order valence-corrected chi connectivity index (χ0v) is 25.4. The van der Waals surface area contributed by atoms with Gasteiger partial charge in [-0.15, -0.1) is 0 Å². The molecule has 0 aliphatic heterocycles. The molecule has 0 saturated carbocycles. The second kappa shape index (κ2) is 11.4. The first-order chi connectivity index (χ1) is 21.4. The van der Waals surface area contributed by atoms with Crippen molar-refractivity contribution in [2.24, 2.45) is 0 Å². The van der Waals surface area contributed by atoms with E-state index in [2.05, 4.69) is 82.3 Å². The van der Waals surface area contributed by atoms with Crippen LogP contribution in [0, 0.1) is 0 Å². The summed E-state index contributed by atoms with van der Waals surface area (Å²) in [4.78, 5) is 25.0. The van der Waals surface area contributed by atoms with Crippen molar-refractivity contribution in [2.75, 3.05) is 0 Å². The molecule has 0 amide bonds. The number of benzene rings is 4. The third-order valence-electron chi connectivity index (χ3n) is 7.99. The van der Waals surface area contributed by atoms with E-state index in [1.165, 1.54) is 0 Å². The molecule has 3 heterocycles. The Morgan fingerprint density at radius 2 is 0.932 bits per heavy atom. The van der Waals surface area contributed by atoms with E-state index in [9.17, 15) is 0 Å². The quantitative estimate of drug-likeness (QED) is 0.186. The number of hydrogen-bond acceptors (Lipinski definition) is 5. The summed E-state index contributed by atoms with van der Waals surface area (Å²) in [5.74, 6) is 2.52. The van der Waals surface area contributed by atoms with Gasteiger partial charge in [0, 0.05) is 38.9 Å². The van der Waals surface area contributed by atoms with Crippen molar-refractivity contribution in [3.63, 3.8) is 0 Å². The molecular formula is C39H33N5. The van der Waals surface area contributed by atoms with Crippen molar-refractivity contribution in [1.29, 1.82) is 0 Å². The van der Waals surface area contributed by atoms with E-state index in [0.29, 0.717) is 23.4 Å². The highest BCUT2D eigenvalue weighted by Crippen LogP contribution is 2.36. The Bertz CT molecular complexity index is 2060. The van der Waals surface area contributed by atoms with Crippen molar-refractivity contribution in [3.05, 3.63) is 127 Å². The lowest BCUT2D eigenvalue weighted by molar-refractivity contribution is 0.826. The van der Waals surface area contributed by atoms with Crippen molar-refractivity contribution < 1.29 is 0 Å². The molecule has 0 atom stereocenters. The van der Waals surface area contributed by atoms with E-state index >= 15 is 0 Å². The monoisotopic (exact) mass is 571 g/mol. The summed E-state index contributed by atoms with van der Waals surface area (Å²) >= 11 is 0. The number of rotatable bonds is 6. The third kappa shape index (κ3) is 5.22. The van der Waals surface area contributed by atoms with Gasteiger partial charge < -0.3 is 0 Å². The fraction of sp³-hybridized carbons (Fsp3) is 0.154. The maximum absolute atomic E-state index is 5.16. The van der Waals surface area contributed by atoms with Gasteiger partial charge in [0.15, 0.2) is 17.5 Å². The molecule has 0 aliphatic carbocycles. The lowest BCUT2D eigenvalue weighted by Crippen LogP contribution is -2.00. The Hall–Kier alpha value is -5.29. The maximum atomic E-state index is 5.16. The van der Waals surface area contributed by atoms with Gasteiger partial charge in [-0.05, 0) is 41.2 Å². The highest BCUT2D eigenvalue weighted by Gasteiger charge is 2.17. The van der Waals surface area contributed by atoms with Crippen LogP contribution in [0.2, 0.25) is 0 Å². The van der Waals surface area contributed by atoms with Crippen LogP contribution >= 0.6 is 0 Å². The molecule has 0 spiro atoms. The van der Waals surface area contributed by atoms with E-state index < -0.39 is 0 Å². The van der Waals surface area contributed by atoms with E-state index in [1.54, 1.807) is 0 Å². The van der Waals surface area contributed by atoms with Gasteiger partial charge in [-0.1, -0.05) is 125 Å². The minimum Gasteiger partial charge on any atom is -0.250 e. The number of aromatic nitrogens is 5. The van der Waals surface area contributed by atoms with E-state index in [4.69, 9.17) is 24.9 Å².